The fraction of sp³-hybridized carbons (Fsp3) is 0.276. The maximum absolute atomic E-state index is 11.4. The van der Waals surface area contributed by atoms with E-state index in [2.05, 4.69) is 17.1 Å². The van der Waals surface area contributed by atoms with Gasteiger partial charge >= 0.3 is 5.97 Å². The summed E-state index contributed by atoms with van der Waals surface area (Å²) >= 11 is 19.6. The second kappa shape index (κ2) is 10.3. The van der Waals surface area contributed by atoms with Gasteiger partial charge in [0.1, 0.15) is 23.8 Å². The number of pyridine rings is 1. The summed E-state index contributed by atoms with van der Waals surface area (Å²) in [7, 11) is 0. The van der Waals surface area contributed by atoms with E-state index in [1.165, 1.54) is 6.20 Å². The minimum Gasteiger partial charge on any atom is -0.489 e. The Morgan fingerprint density at radius 1 is 1.13 bits per heavy atom. The maximum atomic E-state index is 11.4. The first kappa shape index (κ1) is 26.5. The molecular weight excluding hydrogens is 547 g/mol. The van der Waals surface area contributed by atoms with Crippen LogP contribution in [0.4, 0.5) is 0 Å². The summed E-state index contributed by atoms with van der Waals surface area (Å²) in [6, 6.07) is 12.6. The van der Waals surface area contributed by atoms with Crippen molar-refractivity contribution in [2.75, 3.05) is 0 Å². The summed E-state index contributed by atoms with van der Waals surface area (Å²) in [6.45, 7) is 6.35. The van der Waals surface area contributed by atoms with Crippen molar-refractivity contribution >= 4 is 40.8 Å². The Morgan fingerprint density at radius 2 is 1.87 bits per heavy atom. The molecule has 0 bridgehead atoms. The Labute approximate surface area is 235 Å². The van der Waals surface area contributed by atoms with Gasteiger partial charge < -0.3 is 14.4 Å². The first-order valence-corrected chi connectivity index (χ1v) is 13.3. The molecule has 196 valence electrons. The molecule has 2 unspecified atom stereocenters. The summed E-state index contributed by atoms with van der Waals surface area (Å²) in [5, 5.41) is 15.1. The third-order valence-electron chi connectivity index (χ3n) is 7.13. The van der Waals surface area contributed by atoms with E-state index in [9.17, 15) is 9.90 Å². The van der Waals surface area contributed by atoms with Crippen LogP contribution in [-0.4, -0.2) is 21.2 Å². The maximum Gasteiger partial charge on any atom is 0.337 e. The summed E-state index contributed by atoms with van der Waals surface area (Å²) < 4.78 is 11.8. The van der Waals surface area contributed by atoms with E-state index in [4.69, 9.17) is 44.1 Å². The number of carboxylic acids is 1. The predicted octanol–water partition coefficient (Wildman–Crippen LogP) is 8.54. The van der Waals surface area contributed by atoms with Gasteiger partial charge in [0.05, 0.1) is 21.2 Å². The van der Waals surface area contributed by atoms with Crippen LogP contribution in [0.25, 0.3) is 11.3 Å². The van der Waals surface area contributed by atoms with Crippen molar-refractivity contribution in [3.63, 3.8) is 0 Å². The number of rotatable bonds is 8. The largest absolute Gasteiger partial charge is 0.489 e. The number of aromatic carboxylic acids is 1. The van der Waals surface area contributed by atoms with Crippen molar-refractivity contribution in [3.05, 3.63) is 97.9 Å². The van der Waals surface area contributed by atoms with Gasteiger partial charge in [-0.05, 0) is 53.8 Å². The van der Waals surface area contributed by atoms with Crippen LogP contribution in [0.2, 0.25) is 15.1 Å². The molecule has 1 saturated carbocycles. The second-order valence-electron chi connectivity index (χ2n) is 10.0. The molecule has 2 heterocycles. The van der Waals surface area contributed by atoms with Crippen molar-refractivity contribution in [2.24, 2.45) is 0 Å². The molecule has 6 nitrogen and oxygen atoms in total. The number of benzene rings is 2. The van der Waals surface area contributed by atoms with Crippen LogP contribution in [0.5, 0.6) is 5.75 Å². The minimum atomic E-state index is -0.991. The number of hydrogen-bond donors (Lipinski definition) is 1. The predicted molar refractivity (Wildman–Crippen MR) is 148 cm³/mol. The molecule has 2 aromatic heterocycles. The highest BCUT2D eigenvalue weighted by molar-refractivity contribution is 6.39. The van der Waals surface area contributed by atoms with Crippen LogP contribution in [-0.2, 0) is 12.0 Å². The van der Waals surface area contributed by atoms with Crippen LogP contribution >= 0.6 is 34.8 Å². The molecule has 9 heteroatoms. The fourth-order valence-electron chi connectivity index (χ4n) is 4.95. The monoisotopic (exact) mass is 570 g/mol. The summed E-state index contributed by atoms with van der Waals surface area (Å²) in [5.74, 6) is 0.509. The average Bonchev–Trinajstić information content (AvgIpc) is 3.39. The van der Waals surface area contributed by atoms with Crippen molar-refractivity contribution in [3.8, 4) is 17.0 Å². The molecule has 0 spiro atoms. The van der Waals surface area contributed by atoms with Gasteiger partial charge in [0.25, 0.3) is 0 Å². The first-order valence-electron chi connectivity index (χ1n) is 12.1. The summed E-state index contributed by atoms with van der Waals surface area (Å²) in [5.41, 5.74) is 3.76. The van der Waals surface area contributed by atoms with Crippen LogP contribution in [0.15, 0.2) is 59.4 Å². The average molecular weight is 572 g/mol. The SMILES string of the molecule is CC(C)c1onc(-c2c(Cl)cccc2Cl)c1COc1ccc(C2(C)CC2c2cncc(C(=O)O)c2)c(Cl)c1. The van der Waals surface area contributed by atoms with E-state index in [-0.39, 0.29) is 29.4 Å². The molecule has 38 heavy (non-hydrogen) atoms. The van der Waals surface area contributed by atoms with E-state index < -0.39 is 5.97 Å². The molecule has 5 rings (SSSR count). The van der Waals surface area contributed by atoms with Crippen LogP contribution in [0.1, 0.15) is 71.8 Å². The smallest absolute Gasteiger partial charge is 0.337 e. The van der Waals surface area contributed by atoms with Gasteiger partial charge in [-0.15, -0.1) is 0 Å². The molecule has 2 atom stereocenters. The zero-order valence-electron chi connectivity index (χ0n) is 21.0. The topological polar surface area (TPSA) is 85.5 Å². The zero-order chi connectivity index (χ0) is 27.2. The number of ether oxygens (including phenoxy) is 1. The highest BCUT2D eigenvalue weighted by Crippen LogP contribution is 2.61. The molecule has 1 N–H and O–H groups in total. The Hall–Kier alpha value is -3.06. The lowest BCUT2D eigenvalue weighted by Crippen LogP contribution is -2.07. The molecule has 4 aromatic rings. The van der Waals surface area contributed by atoms with E-state index >= 15 is 0 Å². The van der Waals surface area contributed by atoms with Crippen molar-refractivity contribution in [1.29, 1.82) is 0 Å². The minimum absolute atomic E-state index is 0.0722. The standard InChI is InChI=1S/C29H25Cl3N2O4/c1-15(2)27-19(26(34-38-27)25-22(30)5-4-6-23(25)31)14-37-18-7-8-20(24(32)10-18)29(3)11-21(29)16-9-17(28(35)36)13-33-12-16/h4-10,12-13,15,21H,11,14H2,1-3H3,(H,35,36). The lowest BCUT2D eigenvalue weighted by molar-refractivity contribution is 0.0696. The van der Waals surface area contributed by atoms with Crippen LogP contribution in [0, 0.1) is 0 Å². The first-order chi connectivity index (χ1) is 18.1. The zero-order valence-corrected chi connectivity index (χ0v) is 23.2. The second-order valence-corrected chi connectivity index (χ2v) is 11.3. The summed E-state index contributed by atoms with van der Waals surface area (Å²) in [6.07, 6.45) is 3.93. The van der Waals surface area contributed by atoms with E-state index in [0.29, 0.717) is 37.8 Å². The lowest BCUT2D eigenvalue weighted by Gasteiger charge is -2.16. The van der Waals surface area contributed by atoms with Crippen molar-refractivity contribution in [1.82, 2.24) is 10.1 Å². The molecule has 0 aliphatic heterocycles. The highest BCUT2D eigenvalue weighted by Gasteiger charge is 2.53. The Balaban J connectivity index is 1.38. The Bertz CT molecular complexity index is 1510. The van der Waals surface area contributed by atoms with E-state index in [1.807, 2.05) is 26.0 Å². The molecule has 2 aromatic carbocycles. The van der Waals surface area contributed by atoms with E-state index in [0.717, 1.165) is 23.1 Å². The van der Waals surface area contributed by atoms with Gasteiger partial charge in [-0.2, -0.15) is 0 Å². The van der Waals surface area contributed by atoms with Crippen LogP contribution in [0.3, 0.4) is 0 Å². The third-order valence-corrected chi connectivity index (χ3v) is 8.07. The molecule has 0 radical (unpaired) electrons. The number of carbonyl (C=O) groups is 1. The number of halogens is 3. The Morgan fingerprint density at radius 3 is 2.53 bits per heavy atom. The van der Waals surface area contributed by atoms with Gasteiger partial charge in [-0.25, -0.2) is 4.79 Å². The fourth-order valence-corrected chi connectivity index (χ4v) is 5.92. The van der Waals surface area contributed by atoms with Gasteiger partial charge in [-0.3, -0.25) is 4.98 Å². The van der Waals surface area contributed by atoms with Gasteiger partial charge in [0.15, 0.2) is 0 Å². The van der Waals surface area contributed by atoms with Gasteiger partial charge in [0.2, 0.25) is 0 Å². The number of aromatic nitrogens is 2. The quantitative estimate of drug-likeness (QED) is 0.228. The van der Waals surface area contributed by atoms with E-state index in [1.54, 1.807) is 36.5 Å². The van der Waals surface area contributed by atoms with Crippen molar-refractivity contribution < 1.29 is 19.2 Å². The van der Waals surface area contributed by atoms with Crippen molar-refractivity contribution in [2.45, 2.75) is 51.0 Å². The third kappa shape index (κ3) is 4.89. The molecule has 1 aliphatic rings. The molecule has 0 saturated heterocycles. The number of hydrogen-bond acceptors (Lipinski definition) is 5. The number of nitrogens with zero attached hydrogens (tertiary/aromatic N) is 2. The Kier molecular flexibility index (Phi) is 7.16. The number of carboxylic acid groups (broad SMARTS) is 1. The molecule has 1 fully saturated rings. The van der Waals surface area contributed by atoms with Crippen LogP contribution < -0.4 is 4.74 Å². The van der Waals surface area contributed by atoms with Gasteiger partial charge in [-0.1, -0.05) is 72.9 Å². The molecule has 0 amide bonds. The highest BCUT2D eigenvalue weighted by atomic mass is 35.5. The molecular formula is C29H25Cl3N2O4. The normalized spacial score (nSPS) is 18.6. The summed E-state index contributed by atoms with van der Waals surface area (Å²) in [4.78, 5) is 15.5. The molecule has 1 aliphatic carbocycles. The lowest BCUT2D eigenvalue weighted by atomic mass is 9.92. The van der Waals surface area contributed by atoms with Gasteiger partial charge in [0, 0.05) is 34.3 Å².